The van der Waals surface area contributed by atoms with Crippen LogP contribution in [0.3, 0.4) is 0 Å². The summed E-state index contributed by atoms with van der Waals surface area (Å²) in [4.78, 5) is 38.1. The fourth-order valence-electron chi connectivity index (χ4n) is 5.12. The fourth-order valence-corrected chi connectivity index (χ4v) is 5.35. The number of nitro benzene ring substituents is 1. The molecule has 0 aromatic heterocycles. The summed E-state index contributed by atoms with van der Waals surface area (Å²) in [6, 6.07) is 9.53. The van der Waals surface area contributed by atoms with E-state index in [2.05, 4.69) is 5.32 Å². The van der Waals surface area contributed by atoms with Gasteiger partial charge in [0.05, 0.1) is 31.3 Å². The number of halogens is 1. The number of nitro groups is 1. The number of Topliss-reactive ketones (excluding diaryl/α,β-unsaturated/α-hetero) is 1. The molecule has 2 aromatic rings. The third-order valence-corrected chi connectivity index (χ3v) is 7.29. The third-order valence-electron chi connectivity index (χ3n) is 6.95. The molecule has 1 aliphatic heterocycles. The maximum atomic E-state index is 13.8. The van der Waals surface area contributed by atoms with Crippen LogP contribution >= 0.6 is 11.6 Å². The van der Waals surface area contributed by atoms with E-state index in [0.29, 0.717) is 34.9 Å². The van der Waals surface area contributed by atoms with Crippen molar-refractivity contribution in [2.24, 2.45) is 0 Å². The van der Waals surface area contributed by atoms with Crippen LogP contribution in [-0.2, 0) is 19.1 Å². The zero-order valence-electron chi connectivity index (χ0n) is 22.0. The van der Waals surface area contributed by atoms with Gasteiger partial charge in [0.2, 0.25) is 0 Å². The number of hydrogen-bond donors (Lipinski definition) is 1. The maximum absolute atomic E-state index is 13.8. The minimum Gasteiger partial charge on any atom is -0.493 e. The molecule has 0 fully saturated rings. The molecule has 0 radical (unpaired) electrons. The lowest BCUT2D eigenvalue weighted by atomic mass is 9.71. The summed E-state index contributed by atoms with van der Waals surface area (Å²) in [5.74, 6) is -0.848. The average molecular weight is 557 g/mol. The van der Waals surface area contributed by atoms with Gasteiger partial charge in [-0.05, 0) is 48.6 Å². The van der Waals surface area contributed by atoms with Crippen LogP contribution < -0.4 is 14.8 Å². The minimum absolute atomic E-state index is 0.00271. The van der Waals surface area contributed by atoms with Gasteiger partial charge in [0.25, 0.3) is 5.69 Å². The Kier molecular flexibility index (Phi) is 8.57. The Labute approximate surface area is 230 Å². The predicted molar refractivity (Wildman–Crippen MR) is 143 cm³/mol. The van der Waals surface area contributed by atoms with Crippen LogP contribution in [0.2, 0.25) is 5.02 Å². The number of ether oxygens (including phenoxy) is 4. The number of rotatable bonds is 9. The predicted octanol–water partition coefficient (Wildman–Crippen LogP) is 4.82. The van der Waals surface area contributed by atoms with E-state index in [1.807, 2.05) is 12.1 Å². The second-order valence-corrected chi connectivity index (χ2v) is 9.63. The molecule has 1 aliphatic carbocycles. The largest absolute Gasteiger partial charge is 0.493 e. The molecule has 10 nitrogen and oxygen atoms in total. The van der Waals surface area contributed by atoms with Crippen molar-refractivity contribution in [2.75, 3.05) is 34.5 Å². The van der Waals surface area contributed by atoms with Gasteiger partial charge >= 0.3 is 5.97 Å². The average Bonchev–Trinajstić information content (AvgIpc) is 2.91. The van der Waals surface area contributed by atoms with E-state index in [4.69, 9.17) is 30.5 Å². The summed E-state index contributed by atoms with van der Waals surface area (Å²) in [6.07, 6.45) is 0.618. The topological polar surface area (TPSA) is 126 Å². The Bertz CT molecular complexity index is 1380. The van der Waals surface area contributed by atoms with E-state index in [9.17, 15) is 19.7 Å². The monoisotopic (exact) mass is 556 g/mol. The Morgan fingerprint density at radius 3 is 2.49 bits per heavy atom. The molecule has 2 aromatic carbocycles. The number of esters is 1. The highest BCUT2D eigenvalue weighted by Gasteiger charge is 2.42. The number of nitrogens with zero attached hydrogens (tertiary/aromatic N) is 1. The molecule has 0 saturated carbocycles. The van der Waals surface area contributed by atoms with Crippen molar-refractivity contribution >= 4 is 29.0 Å². The van der Waals surface area contributed by atoms with Gasteiger partial charge in [-0.1, -0.05) is 17.7 Å². The van der Waals surface area contributed by atoms with Gasteiger partial charge in [0, 0.05) is 53.6 Å². The normalized spacial score (nSPS) is 18.8. The first-order chi connectivity index (χ1) is 18.7. The van der Waals surface area contributed by atoms with Crippen LogP contribution in [0.25, 0.3) is 0 Å². The van der Waals surface area contributed by atoms with Gasteiger partial charge in [-0.25, -0.2) is 4.79 Å². The Morgan fingerprint density at radius 1 is 1.08 bits per heavy atom. The number of dihydropyridines is 1. The van der Waals surface area contributed by atoms with Gasteiger partial charge in [-0.3, -0.25) is 14.9 Å². The van der Waals surface area contributed by atoms with Crippen LogP contribution in [0.4, 0.5) is 5.69 Å². The fraction of sp³-hybridized carbons (Fsp3) is 0.357. The minimum atomic E-state index is -0.942. The van der Waals surface area contributed by atoms with Crippen LogP contribution in [0, 0.1) is 10.1 Å². The lowest BCUT2D eigenvalue weighted by Crippen LogP contribution is -2.36. The summed E-state index contributed by atoms with van der Waals surface area (Å²) in [5, 5.41) is 15.0. The molecule has 1 N–H and O–H groups in total. The summed E-state index contributed by atoms with van der Waals surface area (Å²) >= 11 is 6.55. The molecule has 0 unspecified atom stereocenters. The van der Waals surface area contributed by atoms with E-state index in [-0.39, 0.29) is 53.2 Å². The summed E-state index contributed by atoms with van der Waals surface area (Å²) in [7, 11) is 4.58. The Hall–Kier alpha value is -3.89. The molecule has 206 valence electrons. The number of hydrogen-bond acceptors (Lipinski definition) is 9. The van der Waals surface area contributed by atoms with Crippen molar-refractivity contribution in [2.45, 2.75) is 31.6 Å². The Balaban J connectivity index is 1.81. The summed E-state index contributed by atoms with van der Waals surface area (Å²) in [5.41, 5.74) is 2.60. The van der Waals surface area contributed by atoms with Gasteiger partial charge in [0.1, 0.15) is 6.61 Å². The van der Waals surface area contributed by atoms with E-state index in [1.165, 1.54) is 25.3 Å². The number of allylic oxidation sites excluding steroid dienone is 3. The first-order valence-electron chi connectivity index (χ1n) is 12.3. The molecule has 1 heterocycles. The van der Waals surface area contributed by atoms with Crippen molar-refractivity contribution in [3.63, 3.8) is 0 Å². The molecule has 11 heteroatoms. The smallest absolute Gasteiger partial charge is 0.336 e. The van der Waals surface area contributed by atoms with Gasteiger partial charge in [0.15, 0.2) is 17.3 Å². The quantitative estimate of drug-likeness (QED) is 0.200. The van der Waals surface area contributed by atoms with E-state index < -0.39 is 16.8 Å². The third kappa shape index (κ3) is 5.62. The van der Waals surface area contributed by atoms with Crippen LogP contribution in [-0.4, -0.2) is 51.2 Å². The molecule has 0 spiro atoms. The molecule has 0 saturated heterocycles. The van der Waals surface area contributed by atoms with Crippen molar-refractivity contribution in [3.05, 3.63) is 85.2 Å². The number of carbonyl (C=O) groups excluding carboxylic acids is 2. The zero-order chi connectivity index (χ0) is 28.3. The molecule has 0 bridgehead atoms. The highest BCUT2D eigenvalue weighted by Crippen LogP contribution is 2.48. The maximum Gasteiger partial charge on any atom is 0.336 e. The molecular formula is C28H29ClN2O8. The molecule has 2 aliphatic rings. The SMILES string of the molecule is COCCOC(=O)C1=C(C)NC2=C(C(=O)C[C@H](c3ccc(OC)c(OC)c3)C2)[C@H]1c1cc([N+](=O)[O-])ccc1Cl. The molecule has 0 amide bonds. The van der Waals surface area contributed by atoms with Gasteiger partial charge in [-0.15, -0.1) is 0 Å². The number of carbonyl (C=O) groups is 2. The molecule has 2 atom stereocenters. The Morgan fingerprint density at radius 2 is 1.82 bits per heavy atom. The van der Waals surface area contributed by atoms with Crippen molar-refractivity contribution in [1.29, 1.82) is 0 Å². The standard InChI is InChI=1S/C28H29ClN2O8/c1-15-25(28(33)39-10-9-36-2)26(19-14-18(31(34)35)6-7-20(19)29)27-21(30-15)11-17(12-22(27)32)16-5-8-23(37-3)24(13-16)38-4/h5-8,13-14,17,26,30H,9-12H2,1-4H3/t17-,26+/m1/s1. The van der Waals surface area contributed by atoms with Crippen LogP contribution in [0.15, 0.2) is 58.9 Å². The lowest BCUT2D eigenvalue weighted by molar-refractivity contribution is -0.384. The van der Waals surface area contributed by atoms with Crippen LogP contribution in [0.1, 0.15) is 42.7 Å². The molecule has 4 rings (SSSR count). The summed E-state index contributed by atoms with van der Waals surface area (Å²) < 4.78 is 21.2. The number of ketones is 1. The highest BCUT2D eigenvalue weighted by molar-refractivity contribution is 6.31. The summed E-state index contributed by atoms with van der Waals surface area (Å²) in [6.45, 7) is 1.90. The van der Waals surface area contributed by atoms with E-state index >= 15 is 0 Å². The van der Waals surface area contributed by atoms with Crippen LogP contribution in [0.5, 0.6) is 11.5 Å². The first kappa shape index (κ1) is 28.1. The zero-order valence-corrected chi connectivity index (χ0v) is 22.8. The highest BCUT2D eigenvalue weighted by atomic mass is 35.5. The number of nitrogens with one attached hydrogen (secondary N) is 1. The molecular weight excluding hydrogens is 528 g/mol. The molecule has 39 heavy (non-hydrogen) atoms. The number of non-ortho nitro benzene ring substituents is 1. The second-order valence-electron chi connectivity index (χ2n) is 9.22. The van der Waals surface area contributed by atoms with Gasteiger partial charge in [-0.2, -0.15) is 0 Å². The van der Waals surface area contributed by atoms with Crippen molar-refractivity contribution in [3.8, 4) is 11.5 Å². The number of benzene rings is 2. The first-order valence-corrected chi connectivity index (χ1v) is 12.6. The lowest BCUT2D eigenvalue weighted by Gasteiger charge is -2.37. The van der Waals surface area contributed by atoms with E-state index in [1.54, 1.807) is 27.2 Å². The van der Waals surface area contributed by atoms with Crippen molar-refractivity contribution in [1.82, 2.24) is 5.32 Å². The second kappa shape index (κ2) is 11.9. The number of methoxy groups -OCH3 is 3. The van der Waals surface area contributed by atoms with Crippen molar-refractivity contribution < 1.29 is 33.5 Å². The van der Waals surface area contributed by atoms with Gasteiger partial charge < -0.3 is 24.3 Å². The van der Waals surface area contributed by atoms with E-state index in [0.717, 1.165) is 5.56 Å².